The number of carbonyl (C=O) groups excluding carboxylic acids is 1. The van der Waals surface area contributed by atoms with Crippen LogP contribution in [-0.2, 0) is 0 Å². The summed E-state index contributed by atoms with van der Waals surface area (Å²) in [6.07, 6.45) is 6.62. The first-order chi connectivity index (χ1) is 9.31. The van der Waals surface area contributed by atoms with E-state index in [0.717, 1.165) is 22.9 Å². The Morgan fingerprint density at radius 1 is 1.16 bits per heavy atom. The average molecular weight is 252 g/mol. The van der Waals surface area contributed by atoms with Crippen LogP contribution in [0, 0.1) is 12.3 Å². The van der Waals surface area contributed by atoms with Crippen LogP contribution in [0.3, 0.4) is 0 Å². The molecular formula is C16H16N2O. The van der Waals surface area contributed by atoms with Gasteiger partial charge in [0.05, 0.1) is 5.69 Å². The Kier molecular flexibility index (Phi) is 4.41. The molecule has 0 heterocycles. The summed E-state index contributed by atoms with van der Waals surface area (Å²) in [6.45, 7) is 0.584. The number of hydrogen-bond acceptors (Lipinski definition) is 1. The normalized spacial score (nSPS) is 9.84. The van der Waals surface area contributed by atoms with Crippen LogP contribution >= 0.6 is 0 Å². The van der Waals surface area contributed by atoms with Crippen LogP contribution in [0.5, 0.6) is 0 Å². The Bertz CT molecular complexity index is 608. The second-order valence-corrected chi connectivity index (χ2v) is 4.22. The summed E-state index contributed by atoms with van der Waals surface area (Å²) in [5, 5.41) is 7.78. The molecule has 0 aromatic heterocycles. The van der Waals surface area contributed by atoms with E-state index in [4.69, 9.17) is 6.42 Å². The number of fused-ring (bicyclic) bond motifs is 1. The van der Waals surface area contributed by atoms with E-state index in [-0.39, 0.29) is 6.03 Å². The Morgan fingerprint density at radius 2 is 1.95 bits per heavy atom. The first kappa shape index (κ1) is 13.0. The van der Waals surface area contributed by atoms with Gasteiger partial charge in [-0.15, -0.1) is 12.3 Å². The third-order valence-corrected chi connectivity index (χ3v) is 2.82. The van der Waals surface area contributed by atoms with Gasteiger partial charge >= 0.3 is 6.03 Å². The quantitative estimate of drug-likeness (QED) is 0.635. The zero-order valence-corrected chi connectivity index (χ0v) is 10.6. The van der Waals surface area contributed by atoms with Crippen molar-refractivity contribution in [2.45, 2.75) is 12.8 Å². The zero-order valence-electron chi connectivity index (χ0n) is 10.6. The number of amides is 2. The highest BCUT2D eigenvalue weighted by Gasteiger charge is 2.04. The highest BCUT2D eigenvalue weighted by atomic mass is 16.2. The van der Waals surface area contributed by atoms with Gasteiger partial charge in [-0.3, -0.25) is 0 Å². The molecule has 0 aliphatic carbocycles. The topological polar surface area (TPSA) is 41.1 Å². The van der Waals surface area contributed by atoms with Crippen LogP contribution in [0.25, 0.3) is 10.8 Å². The maximum atomic E-state index is 11.7. The van der Waals surface area contributed by atoms with Crippen molar-refractivity contribution in [3.05, 3.63) is 42.5 Å². The van der Waals surface area contributed by atoms with E-state index in [2.05, 4.69) is 16.6 Å². The van der Waals surface area contributed by atoms with E-state index in [9.17, 15) is 4.79 Å². The van der Waals surface area contributed by atoms with Gasteiger partial charge in [-0.2, -0.15) is 0 Å². The lowest BCUT2D eigenvalue weighted by Crippen LogP contribution is -2.29. The molecule has 0 aliphatic heterocycles. The van der Waals surface area contributed by atoms with Crippen molar-refractivity contribution in [2.75, 3.05) is 11.9 Å². The van der Waals surface area contributed by atoms with Crippen molar-refractivity contribution < 1.29 is 4.79 Å². The minimum Gasteiger partial charge on any atom is -0.338 e. The summed E-state index contributed by atoms with van der Waals surface area (Å²) < 4.78 is 0. The van der Waals surface area contributed by atoms with Crippen molar-refractivity contribution in [1.82, 2.24) is 5.32 Å². The Labute approximate surface area is 113 Å². The molecule has 0 bridgehead atoms. The van der Waals surface area contributed by atoms with Gasteiger partial charge < -0.3 is 10.6 Å². The smallest absolute Gasteiger partial charge is 0.319 e. The van der Waals surface area contributed by atoms with Crippen LogP contribution in [0.15, 0.2) is 42.5 Å². The van der Waals surface area contributed by atoms with E-state index in [1.807, 2.05) is 42.5 Å². The van der Waals surface area contributed by atoms with Gasteiger partial charge in [0.15, 0.2) is 0 Å². The minimum absolute atomic E-state index is 0.201. The predicted molar refractivity (Wildman–Crippen MR) is 79.0 cm³/mol. The number of hydrogen-bond donors (Lipinski definition) is 2. The SMILES string of the molecule is C#CCCCNC(=O)Nc1cccc2ccccc12. The van der Waals surface area contributed by atoms with E-state index < -0.39 is 0 Å². The van der Waals surface area contributed by atoms with Gasteiger partial charge in [0.1, 0.15) is 0 Å². The molecule has 2 N–H and O–H groups in total. The standard InChI is InChI=1S/C16H16N2O/c1-2-3-6-12-17-16(19)18-15-11-7-9-13-8-4-5-10-14(13)15/h1,4-5,7-11H,3,6,12H2,(H2,17,18,19). The summed E-state index contributed by atoms with van der Waals surface area (Å²) in [5.41, 5.74) is 0.813. The molecule has 2 rings (SSSR count). The Morgan fingerprint density at radius 3 is 2.79 bits per heavy atom. The molecule has 3 heteroatoms. The van der Waals surface area contributed by atoms with E-state index >= 15 is 0 Å². The molecular weight excluding hydrogens is 236 g/mol. The monoisotopic (exact) mass is 252 g/mol. The second-order valence-electron chi connectivity index (χ2n) is 4.22. The largest absolute Gasteiger partial charge is 0.338 e. The highest BCUT2D eigenvalue weighted by molar-refractivity contribution is 6.01. The molecule has 2 amide bonds. The van der Waals surface area contributed by atoms with Gasteiger partial charge in [0, 0.05) is 18.4 Å². The van der Waals surface area contributed by atoms with E-state index in [1.165, 1.54) is 0 Å². The van der Waals surface area contributed by atoms with E-state index in [0.29, 0.717) is 13.0 Å². The molecule has 2 aromatic rings. The molecule has 0 fully saturated rings. The fraction of sp³-hybridized carbons (Fsp3) is 0.188. The number of benzene rings is 2. The molecule has 0 atom stereocenters. The summed E-state index contributed by atoms with van der Waals surface area (Å²) in [7, 11) is 0. The molecule has 0 unspecified atom stereocenters. The van der Waals surface area contributed by atoms with Crippen molar-refractivity contribution in [3.63, 3.8) is 0 Å². The molecule has 0 saturated carbocycles. The minimum atomic E-state index is -0.201. The van der Waals surface area contributed by atoms with Crippen LogP contribution in [0.1, 0.15) is 12.8 Å². The molecule has 3 nitrogen and oxygen atoms in total. The van der Waals surface area contributed by atoms with Gasteiger partial charge in [0.25, 0.3) is 0 Å². The summed E-state index contributed by atoms with van der Waals surface area (Å²) in [5.74, 6) is 2.54. The van der Waals surface area contributed by atoms with E-state index in [1.54, 1.807) is 0 Å². The van der Waals surface area contributed by atoms with Gasteiger partial charge in [-0.05, 0) is 17.9 Å². The maximum absolute atomic E-state index is 11.7. The van der Waals surface area contributed by atoms with Crippen molar-refractivity contribution in [1.29, 1.82) is 0 Å². The summed E-state index contributed by atoms with van der Waals surface area (Å²) in [4.78, 5) is 11.7. The molecule has 96 valence electrons. The Hall–Kier alpha value is -2.47. The van der Waals surface area contributed by atoms with Crippen LogP contribution in [0.4, 0.5) is 10.5 Å². The van der Waals surface area contributed by atoms with Gasteiger partial charge in [-0.25, -0.2) is 4.79 Å². The number of rotatable bonds is 4. The number of anilines is 1. The number of unbranched alkanes of at least 4 members (excludes halogenated alkanes) is 1. The molecule has 0 aliphatic rings. The molecule has 0 saturated heterocycles. The average Bonchev–Trinajstić information content (AvgIpc) is 2.44. The summed E-state index contributed by atoms with van der Waals surface area (Å²) in [6, 6.07) is 13.6. The lowest BCUT2D eigenvalue weighted by atomic mass is 10.1. The Balaban J connectivity index is 2.01. The fourth-order valence-electron chi connectivity index (χ4n) is 1.89. The lowest BCUT2D eigenvalue weighted by Gasteiger charge is -2.09. The van der Waals surface area contributed by atoms with Crippen LogP contribution in [-0.4, -0.2) is 12.6 Å². The van der Waals surface area contributed by atoms with Crippen molar-refractivity contribution in [3.8, 4) is 12.3 Å². The molecule has 0 spiro atoms. The summed E-state index contributed by atoms with van der Waals surface area (Å²) >= 11 is 0. The first-order valence-electron chi connectivity index (χ1n) is 6.27. The lowest BCUT2D eigenvalue weighted by molar-refractivity contribution is 0.252. The van der Waals surface area contributed by atoms with Crippen LogP contribution in [0.2, 0.25) is 0 Å². The molecule has 19 heavy (non-hydrogen) atoms. The van der Waals surface area contributed by atoms with Crippen LogP contribution < -0.4 is 10.6 Å². The van der Waals surface area contributed by atoms with Gasteiger partial charge in [-0.1, -0.05) is 36.4 Å². The first-order valence-corrected chi connectivity index (χ1v) is 6.27. The number of urea groups is 1. The zero-order chi connectivity index (χ0) is 13.5. The number of carbonyl (C=O) groups is 1. The third-order valence-electron chi connectivity index (χ3n) is 2.82. The maximum Gasteiger partial charge on any atom is 0.319 e. The molecule has 0 radical (unpaired) electrons. The number of nitrogens with one attached hydrogen (secondary N) is 2. The van der Waals surface area contributed by atoms with Crippen molar-refractivity contribution >= 4 is 22.5 Å². The third kappa shape index (κ3) is 3.49. The van der Waals surface area contributed by atoms with Crippen molar-refractivity contribution in [2.24, 2.45) is 0 Å². The molecule has 2 aromatic carbocycles. The second kappa shape index (κ2) is 6.46. The highest BCUT2D eigenvalue weighted by Crippen LogP contribution is 2.22. The fourth-order valence-corrected chi connectivity index (χ4v) is 1.89. The van der Waals surface area contributed by atoms with Gasteiger partial charge in [0.2, 0.25) is 0 Å². The predicted octanol–water partition coefficient (Wildman–Crippen LogP) is 3.37. The number of terminal acetylenes is 1.